The van der Waals surface area contributed by atoms with Crippen molar-refractivity contribution in [3.05, 3.63) is 35.6 Å². The van der Waals surface area contributed by atoms with Gasteiger partial charge < -0.3 is 15.4 Å². The first-order valence-corrected chi connectivity index (χ1v) is 6.97. The van der Waals surface area contributed by atoms with Gasteiger partial charge in [-0.2, -0.15) is 0 Å². The lowest BCUT2D eigenvalue weighted by Crippen LogP contribution is -2.43. The highest BCUT2D eigenvalue weighted by atomic mass is 19.1. The van der Waals surface area contributed by atoms with Crippen LogP contribution < -0.4 is 5.73 Å². The van der Waals surface area contributed by atoms with E-state index >= 15 is 0 Å². The molecule has 0 radical (unpaired) electrons. The number of hydrogen-bond donors (Lipinski definition) is 1. The molecule has 1 aromatic rings. The Morgan fingerprint density at radius 2 is 1.77 bits per heavy atom. The van der Waals surface area contributed by atoms with Crippen molar-refractivity contribution in [2.24, 2.45) is 11.7 Å². The molecular formula is C15H17FN2O4. The van der Waals surface area contributed by atoms with Gasteiger partial charge in [0.05, 0.1) is 5.56 Å². The van der Waals surface area contributed by atoms with Gasteiger partial charge in [0.25, 0.3) is 5.91 Å². The molecule has 2 amide bonds. The van der Waals surface area contributed by atoms with Crippen molar-refractivity contribution in [3.63, 3.8) is 0 Å². The van der Waals surface area contributed by atoms with Gasteiger partial charge in [-0.15, -0.1) is 0 Å². The van der Waals surface area contributed by atoms with E-state index in [9.17, 15) is 18.8 Å². The van der Waals surface area contributed by atoms with Crippen LogP contribution in [-0.4, -0.2) is 42.4 Å². The smallest absolute Gasteiger partial charge is 0.338 e. The first-order chi connectivity index (χ1) is 10.5. The van der Waals surface area contributed by atoms with Crippen molar-refractivity contribution in [2.45, 2.75) is 12.8 Å². The Bertz CT molecular complexity index is 565. The lowest BCUT2D eigenvalue weighted by molar-refractivity contribution is -0.137. The van der Waals surface area contributed by atoms with E-state index in [2.05, 4.69) is 0 Å². The normalized spacial score (nSPS) is 15.4. The SMILES string of the molecule is NC(=O)C1CCN(C(=O)COC(=O)c2ccc(F)cc2)CC1. The second-order valence-electron chi connectivity index (χ2n) is 5.14. The summed E-state index contributed by atoms with van der Waals surface area (Å²) in [5.41, 5.74) is 5.41. The average Bonchev–Trinajstić information content (AvgIpc) is 2.53. The Morgan fingerprint density at radius 3 is 2.32 bits per heavy atom. The van der Waals surface area contributed by atoms with E-state index in [1.54, 1.807) is 0 Å². The number of ether oxygens (including phenoxy) is 1. The number of likely N-dealkylation sites (tertiary alicyclic amines) is 1. The highest BCUT2D eigenvalue weighted by Gasteiger charge is 2.26. The van der Waals surface area contributed by atoms with Gasteiger partial charge in [-0.25, -0.2) is 9.18 Å². The minimum absolute atomic E-state index is 0.182. The molecule has 22 heavy (non-hydrogen) atoms. The van der Waals surface area contributed by atoms with Crippen LogP contribution in [0, 0.1) is 11.7 Å². The summed E-state index contributed by atoms with van der Waals surface area (Å²) in [5, 5.41) is 0. The Labute approximate surface area is 127 Å². The predicted octanol–water partition coefficient (Wildman–Crippen LogP) is 0.706. The van der Waals surface area contributed by atoms with Gasteiger partial charge in [0.1, 0.15) is 5.82 Å². The molecule has 0 aromatic heterocycles. The molecule has 0 atom stereocenters. The molecule has 1 heterocycles. The maximum absolute atomic E-state index is 12.7. The van der Waals surface area contributed by atoms with E-state index in [4.69, 9.17) is 10.5 Å². The molecule has 0 aliphatic carbocycles. The van der Waals surface area contributed by atoms with Gasteiger partial charge in [0, 0.05) is 19.0 Å². The number of benzene rings is 1. The number of nitrogens with two attached hydrogens (primary N) is 1. The van der Waals surface area contributed by atoms with Crippen LogP contribution in [-0.2, 0) is 14.3 Å². The molecule has 1 saturated heterocycles. The summed E-state index contributed by atoms with van der Waals surface area (Å²) in [6.07, 6.45) is 1.04. The lowest BCUT2D eigenvalue weighted by atomic mass is 9.96. The number of primary amides is 1. The van der Waals surface area contributed by atoms with Crippen LogP contribution in [0.1, 0.15) is 23.2 Å². The summed E-state index contributed by atoms with van der Waals surface area (Å²) in [6, 6.07) is 4.88. The molecule has 118 valence electrons. The monoisotopic (exact) mass is 308 g/mol. The second kappa shape index (κ2) is 7.02. The van der Waals surface area contributed by atoms with E-state index in [-0.39, 0.29) is 29.9 Å². The summed E-state index contributed by atoms with van der Waals surface area (Å²) < 4.78 is 17.7. The molecule has 0 saturated carbocycles. The van der Waals surface area contributed by atoms with Gasteiger partial charge >= 0.3 is 5.97 Å². The first-order valence-electron chi connectivity index (χ1n) is 6.97. The quantitative estimate of drug-likeness (QED) is 0.829. The standard InChI is InChI=1S/C15H17FN2O4/c16-12-3-1-11(2-4-12)15(21)22-9-13(19)18-7-5-10(6-8-18)14(17)20/h1-4,10H,5-9H2,(H2,17,20). The van der Waals surface area contributed by atoms with E-state index in [1.165, 1.54) is 17.0 Å². The summed E-state index contributed by atoms with van der Waals surface area (Å²) in [5.74, 6) is -2.01. The molecule has 0 bridgehead atoms. The summed E-state index contributed by atoms with van der Waals surface area (Å²) in [7, 11) is 0. The van der Waals surface area contributed by atoms with Crippen molar-refractivity contribution < 1.29 is 23.5 Å². The third kappa shape index (κ3) is 4.03. The van der Waals surface area contributed by atoms with E-state index in [0.29, 0.717) is 25.9 Å². The van der Waals surface area contributed by atoms with Crippen LogP contribution >= 0.6 is 0 Å². The van der Waals surface area contributed by atoms with Crippen LogP contribution in [0.25, 0.3) is 0 Å². The van der Waals surface area contributed by atoms with E-state index in [0.717, 1.165) is 12.1 Å². The Hall–Kier alpha value is -2.44. The molecule has 1 aromatic carbocycles. The number of nitrogens with zero attached hydrogens (tertiary/aromatic N) is 1. The predicted molar refractivity (Wildman–Crippen MR) is 75.2 cm³/mol. The lowest BCUT2D eigenvalue weighted by Gasteiger charge is -2.30. The van der Waals surface area contributed by atoms with Crippen LogP contribution in [0.2, 0.25) is 0 Å². The van der Waals surface area contributed by atoms with Crippen molar-refractivity contribution >= 4 is 17.8 Å². The fourth-order valence-electron chi connectivity index (χ4n) is 2.30. The first kappa shape index (κ1) is 15.9. The van der Waals surface area contributed by atoms with Gasteiger partial charge in [0.15, 0.2) is 6.61 Å². The largest absolute Gasteiger partial charge is 0.452 e. The molecule has 7 heteroatoms. The van der Waals surface area contributed by atoms with Crippen molar-refractivity contribution in [3.8, 4) is 0 Å². The van der Waals surface area contributed by atoms with Crippen LogP contribution in [0.4, 0.5) is 4.39 Å². The zero-order valence-corrected chi connectivity index (χ0v) is 12.0. The third-order valence-electron chi connectivity index (χ3n) is 3.66. The van der Waals surface area contributed by atoms with Gasteiger partial charge in [-0.05, 0) is 37.1 Å². The second-order valence-corrected chi connectivity index (χ2v) is 5.14. The molecule has 1 fully saturated rings. The van der Waals surface area contributed by atoms with Crippen LogP contribution in [0.3, 0.4) is 0 Å². The molecule has 2 rings (SSSR count). The third-order valence-corrected chi connectivity index (χ3v) is 3.66. The Balaban J connectivity index is 1.79. The molecule has 2 N–H and O–H groups in total. The molecule has 0 spiro atoms. The minimum Gasteiger partial charge on any atom is -0.452 e. The Morgan fingerprint density at radius 1 is 1.18 bits per heavy atom. The summed E-state index contributed by atoms with van der Waals surface area (Å²) >= 11 is 0. The average molecular weight is 308 g/mol. The maximum atomic E-state index is 12.7. The van der Waals surface area contributed by atoms with E-state index < -0.39 is 11.8 Å². The zero-order valence-electron chi connectivity index (χ0n) is 12.0. The molecule has 6 nitrogen and oxygen atoms in total. The molecule has 0 unspecified atom stereocenters. The highest BCUT2D eigenvalue weighted by molar-refractivity contribution is 5.91. The van der Waals surface area contributed by atoms with Gasteiger partial charge in [-0.1, -0.05) is 0 Å². The van der Waals surface area contributed by atoms with Crippen LogP contribution in [0.15, 0.2) is 24.3 Å². The number of rotatable bonds is 4. The minimum atomic E-state index is -0.680. The number of amides is 2. The topological polar surface area (TPSA) is 89.7 Å². The number of halogens is 1. The molecule has 1 aliphatic heterocycles. The fourth-order valence-corrected chi connectivity index (χ4v) is 2.30. The van der Waals surface area contributed by atoms with Gasteiger partial charge in [0.2, 0.25) is 5.91 Å². The maximum Gasteiger partial charge on any atom is 0.338 e. The fraction of sp³-hybridized carbons (Fsp3) is 0.400. The highest BCUT2D eigenvalue weighted by Crippen LogP contribution is 2.16. The number of hydrogen-bond acceptors (Lipinski definition) is 4. The summed E-state index contributed by atoms with van der Waals surface area (Å²) in [4.78, 5) is 36.2. The van der Waals surface area contributed by atoms with E-state index in [1.807, 2.05) is 0 Å². The molecular weight excluding hydrogens is 291 g/mol. The van der Waals surface area contributed by atoms with Gasteiger partial charge in [-0.3, -0.25) is 9.59 Å². The summed E-state index contributed by atoms with van der Waals surface area (Å²) in [6.45, 7) is 0.457. The number of carbonyl (C=O) groups is 3. The zero-order chi connectivity index (χ0) is 16.1. The van der Waals surface area contributed by atoms with Crippen LogP contribution in [0.5, 0.6) is 0 Å². The van der Waals surface area contributed by atoms with Crippen molar-refractivity contribution in [2.75, 3.05) is 19.7 Å². The number of carbonyl (C=O) groups excluding carboxylic acids is 3. The molecule has 1 aliphatic rings. The van der Waals surface area contributed by atoms with Crippen molar-refractivity contribution in [1.82, 2.24) is 4.90 Å². The Kier molecular flexibility index (Phi) is 5.08. The number of esters is 1. The van der Waals surface area contributed by atoms with Crippen molar-refractivity contribution in [1.29, 1.82) is 0 Å². The number of piperidine rings is 1.